The van der Waals surface area contributed by atoms with Crippen LogP contribution in [0.15, 0.2) is 21.9 Å². The fraction of sp³-hybridized carbons (Fsp3) is 0.636. The largest absolute Gasteiger partial charge is 0.488 e. The van der Waals surface area contributed by atoms with Crippen molar-refractivity contribution in [2.45, 2.75) is 36.1 Å². The van der Waals surface area contributed by atoms with Gasteiger partial charge in [-0.1, -0.05) is 0 Å². The number of H-pyrrole nitrogens is 1. The second-order valence-corrected chi connectivity index (χ2v) is 12.8. The van der Waals surface area contributed by atoms with Gasteiger partial charge in [0.25, 0.3) is 5.56 Å². The van der Waals surface area contributed by atoms with Crippen molar-refractivity contribution in [3.8, 4) is 0 Å². The molecule has 0 aromatic carbocycles. The molecular weight excluding hydrogens is 528 g/mol. The quantitative estimate of drug-likeness (QED) is 0.177. The molecule has 32 heavy (non-hydrogen) atoms. The summed E-state index contributed by atoms with van der Waals surface area (Å²) in [5, 5.41) is 21.8. The highest BCUT2D eigenvalue weighted by atomic mass is 32.5. The molecule has 1 aliphatic carbocycles. The first kappa shape index (κ1) is 25.9. The number of alkyl halides is 1. The summed E-state index contributed by atoms with van der Waals surface area (Å²) in [6.07, 6.45) is -2.90. The van der Waals surface area contributed by atoms with Crippen LogP contribution in [0, 0.1) is 0 Å². The lowest BCUT2D eigenvalue weighted by atomic mass is 9.94. The van der Waals surface area contributed by atoms with E-state index in [2.05, 4.69) is 20.4 Å². The number of rotatable bonds is 8. The Morgan fingerprint density at radius 3 is 2.31 bits per heavy atom. The van der Waals surface area contributed by atoms with E-state index < -0.39 is 69.4 Å². The summed E-state index contributed by atoms with van der Waals surface area (Å²) in [4.78, 5) is 61.6. The molecule has 1 saturated carbocycles. The van der Waals surface area contributed by atoms with Gasteiger partial charge >= 0.3 is 28.1 Å². The van der Waals surface area contributed by atoms with Crippen LogP contribution >= 0.6 is 22.4 Å². The zero-order valence-electron chi connectivity index (χ0n) is 15.5. The number of halogens is 1. The van der Waals surface area contributed by atoms with Crippen molar-refractivity contribution in [2.75, 3.05) is 6.67 Å². The van der Waals surface area contributed by atoms with Gasteiger partial charge in [0.1, 0.15) is 18.4 Å². The van der Waals surface area contributed by atoms with Crippen LogP contribution in [0.4, 0.5) is 4.39 Å². The molecule has 21 heteroatoms. The molecule has 1 aromatic rings. The third-order valence-electron chi connectivity index (χ3n) is 4.90. The monoisotopic (exact) mass is 544 g/mol. The highest BCUT2D eigenvalue weighted by Crippen LogP contribution is 2.74. The Balaban J connectivity index is 1.89. The SMILES string of the molecule is C[C@]1(O)[C@H](n2ccc(=O)[nH]c2=O)O[C@]2(CF)C(O[P@](O)(=S)OP(=O)(O)OP(=O)(O)O)[C@]12O. The lowest BCUT2D eigenvalue weighted by Gasteiger charge is -2.33. The fourth-order valence-corrected chi connectivity index (χ4v) is 7.81. The molecule has 0 spiro atoms. The average molecular weight is 544 g/mol. The zero-order valence-corrected chi connectivity index (χ0v) is 19.0. The maximum atomic E-state index is 14.0. The molecule has 3 rings (SSSR count). The first-order chi connectivity index (χ1) is 14.3. The number of hydrogen-bond acceptors (Lipinski definition) is 11. The minimum Gasteiger partial charge on any atom is -0.382 e. The molecule has 2 unspecified atom stereocenters. The van der Waals surface area contributed by atoms with E-state index in [1.54, 1.807) is 0 Å². The van der Waals surface area contributed by atoms with Gasteiger partial charge in [0, 0.05) is 12.3 Å². The van der Waals surface area contributed by atoms with Crippen LogP contribution in [-0.2, 0) is 38.8 Å². The molecule has 0 radical (unpaired) electrons. The van der Waals surface area contributed by atoms with Crippen LogP contribution in [0.25, 0.3) is 0 Å². The summed E-state index contributed by atoms with van der Waals surface area (Å²) in [5.74, 6) is 0. The number of aromatic nitrogens is 2. The number of aromatic amines is 1. The molecule has 1 aromatic heterocycles. The minimum atomic E-state index is -5.70. The van der Waals surface area contributed by atoms with Gasteiger partial charge in [0.15, 0.2) is 17.4 Å². The van der Waals surface area contributed by atoms with Gasteiger partial charge < -0.3 is 34.5 Å². The van der Waals surface area contributed by atoms with Crippen molar-refractivity contribution in [1.29, 1.82) is 0 Å². The van der Waals surface area contributed by atoms with E-state index in [0.717, 1.165) is 19.2 Å². The lowest BCUT2D eigenvalue weighted by Crippen LogP contribution is -2.51. The Morgan fingerprint density at radius 1 is 1.25 bits per heavy atom. The van der Waals surface area contributed by atoms with E-state index in [9.17, 15) is 43.1 Å². The molecule has 7 N–H and O–H groups in total. The summed E-state index contributed by atoms with van der Waals surface area (Å²) in [6.45, 7) is -5.68. The van der Waals surface area contributed by atoms with Crippen LogP contribution in [0.5, 0.6) is 0 Å². The van der Waals surface area contributed by atoms with E-state index in [-0.39, 0.29) is 0 Å². The van der Waals surface area contributed by atoms with Crippen molar-refractivity contribution in [3.63, 3.8) is 0 Å². The van der Waals surface area contributed by atoms with E-state index in [1.165, 1.54) is 0 Å². The van der Waals surface area contributed by atoms with Crippen LogP contribution in [0.3, 0.4) is 0 Å². The first-order valence-electron chi connectivity index (χ1n) is 8.14. The van der Waals surface area contributed by atoms with Gasteiger partial charge in [0.05, 0.1) is 0 Å². The fourth-order valence-electron chi connectivity index (χ4n) is 3.54. The molecule has 182 valence electrons. The molecule has 2 fully saturated rings. The second kappa shape index (κ2) is 7.66. The van der Waals surface area contributed by atoms with E-state index >= 15 is 0 Å². The van der Waals surface area contributed by atoms with Gasteiger partial charge in [0.2, 0.25) is 0 Å². The number of nitrogens with zero attached hydrogens (tertiary/aromatic N) is 1. The molecule has 7 atom stereocenters. The molecule has 1 aliphatic heterocycles. The van der Waals surface area contributed by atoms with Crippen molar-refractivity contribution in [2.24, 2.45) is 0 Å². The van der Waals surface area contributed by atoms with Crippen LogP contribution in [0.2, 0.25) is 0 Å². The summed E-state index contributed by atoms with van der Waals surface area (Å²) >= 11 is 4.45. The molecule has 2 aliphatic rings. The van der Waals surface area contributed by atoms with Gasteiger partial charge in [-0.05, 0) is 18.7 Å². The summed E-state index contributed by atoms with van der Waals surface area (Å²) in [6, 6.07) is 0.881. The van der Waals surface area contributed by atoms with Gasteiger partial charge in [-0.2, -0.15) is 4.31 Å². The van der Waals surface area contributed by atoms with Gasteiger partial charge in [-0.25, -0.2) is 22.6 Å². The molecule has 0 amide bonds. The van der Waals surface area contributed by atoms with E-state index in [0.29, 0.717) is 4.57 Å². The number of aliphatic hydroxyl groups is 2. The number of phosphoric acid groups is 2. The zero-order chi connectivity index (χ0) is 24.5. The van der Waals surface area contributed by atoms with E-state index in [4.69, 9.17) is 19.0 Å². The number of ether oxygens (including phenoxy) is 1. The average Bonchev–Trinajstić information content (AvgIpc) is 3.00. The maximum absolute atomic E-state index is 14.0. The minimum absolute atomic E-state index is 0.640. The Bertz CT molecular complexity index is 1200. The summed E-state index contributed by atoms with van der Waals surface area (Å²) in [7, 11) is -11.3. The van der Waals surface area contributed by atoms with Crippen molar-refractivity contribution in [3.05, 3.63) is 33.1 Å². The molecule has 2 heterocycles. The van der Waals surface area contributed by atoms with Crippen molar-refractivity contribution < 1.29 is 61.2 Å². The first-order valence-corrected chi connectivity index (χ1v) is 13.8. The third-order valence-corrected chi connectivity index (χ3v) is 9.56. The summed E-state index contributed by atoms with van der Waals surface area (Å²) in [5.41, 5.74) is -9.58. The predicted octanol–water partition coefficient (Wildman–Crippen LogP) is -1.90. The molecule has 16 nitrogen and oxygen atoms in total. The maximum Gasteiger partial charge on any atom is 0.488 e. The normalized spacial score (nSPS) is 38.0. The Labute approximate surface area is 181 Å². The highest BCUT2D eigenvalue weighted by molar-refractivity contribution is 8.08. The Kier molecular flexibility index (Phi) is 6.21. The second-order valence-electron chi connectivity index (χ2n) is 7.00. The smallest absolute Gasteiger partial charge is 0.382 e. The lowest BCUT2D eigenvalue weighted by molar-refractivity contribution is -0.165. The van der Waals surface area contributed by atoms with Crippen LogP contribution < -0.4 is 11.2 Å². The van der Waals surface area contributed by atoms with E-state index in [1.807, 2.05) is 4.98 Å². The molecule has 1 saturated heterocycles. The third kappa shape index (κ3) is 4.15. The number of nitrogens with one attached hydrogen (secondary N) is 1. The van der Waals surface area contributed by atoms with Crippen molar-refractivity contribution >= 4 is 34.2 Å². The Hall–Kier alpha value is -0.680. The highest BCUT2D eigenvalue weighted by Gasteiger charge is 2.93. The number of hydrogen-bond donors (Lipinski definition) is 7. The predicted molar refractivity (Wildman–Crippen MR) is 101 cm³/mol. The molecule has 0 bridgehead atoms. The standard InChI is InChI=1S/C11H16FN2O14P3S/c1-9(17)7(14-3-2-5(15)13-8(14)16)25-10(4-12)6(11(9,10)18)26-31(24,32)28-30(22,23)27-29(19,20)21/h2-3,6-7,17-18H,4H2,1H3,(H,22,23)(H,24,32)(H,13,15,16)(H2,19,20,21)/t6?,7-,9+,10-,11+,31+/m1/s1. The van der Waals surface area contributed by atoms with Crippen LogP contribution in [-0.4, -0.2) is 68.9 Å². The Morgan fingerprint density at radius 2 is 1.84 bits per heavy atom. The molecular formula is C11H16FN2O14P3S. The van der Waals surface area contributed by atoms with Gasteiger partial charge in [-0.15, -0.1) is 0 Å². The van der Waals surface area contributed by atoms with Crippen LogP contribution in [0.1, 0.15) is 13.2 Å². The number of fused-ring (bicyclic) bond motifs is 1. The van der Waals surface area contributed by atoms with Gasteiger partial charge in [-0.3, -0.25) is 18.9 Å². The summed E-state index contributed by atoms with van der Waals surface area (Å²) < 4.78 is 54.6. The van der Waals surface area contributed by atoms with Crippen molar-refractivity contribution in [1.82, 2.24) is 9.55 Å². The topological polar surface area (TPSA) is 247 Å².